The van der Waals surface area contributed by atoms with Gasteiger partial charge in [-0.3, -0.25) is 4.79 Å². The lowest BCUT2D eigenvalue weighted by atomic mass is 9.48. The highest BCUT2D eigenvalue weighted by molar-refractivity contribution is 5.83. The Hall–Kier alpha value is -2.82. The molecule has 5 aliphatic carbocycles. The Balaban J connectivity index is 1.04. The van der Waals surface area contributed by atoms with Crippen LogP contribution in [-0.2, 0) is 9.53 Å². The number of rotatable bonds is 5. The van der Waals surface area contributed by atoms with Gasteiger partial charge in [-0.1, -0.05) is 19.3 Å². The summed E-state index contributed by atoms with van der Waals surface area (Å²) in [5, 5.41) is 15.7. The number of hydrogen-bond donors (Lipinski definition) is 2. The number of hydrogen-bond acceptors (Lipinski definition) is 6. The number of nitrogens with one attached hydrogen (secondary N) is 2. The maximum atomic E-state index is 13.5. The molecule has 0 aromatic carbocycles. The van der Waals surface area contributed by atoms with E-state index in [1.54, 1.807) is 23.2 Å². The molecule has 6 atom stereocenters. The summed E-state index contributed by atoms with van der Waals surface area (Å²) in [7, 11) is 0. The van der Waals surface area contributed by atoms with Gasteiger partial charge in [-0.2, -0.15) is 5.26 Å². The van der Waals surface area contributed by atoms with Gasteiger partial charge in [0.05, 0.1) is 11.0 Å². The van der Waals surface area contributed by atoms with Gasteiger partial charge in [-0.25, -0.2) is 9.78 Å². The first-order valence-corrected chi connectivity index (χ1v) is 13.9. The maximum Gasteiger partial charge on any atom is 0.410 e. The van der Waals surface area contributed by atoms with Crippen LogP contribution in [0.4, 0.5) is 10.6 Å². The van der Waals surface area contributed by atoms with E-state index in [0.29, 0.717) is 48.3 Å². The van der Waals surface area contributed by atoms with Crippen LogP contribution in [0.15, 0.2) is 18.3 Å². The van der Waals surface area contributed by atoms with E-state index in [1.165, 1.54) is 19.3 Å². The Morgan fingerprint density at radius 2 is 1.83 bits per heavy atom. The second-order valence-electron chi connectivity index (χ2n) is 12.0. The summed E-state index contributed by atoms with van der Waals surface area (Å²) in [6.45, 7) is 1.24. The summed E-state index contributed by atoms with van der Waals surface area (Å²) in [5.74, 6) is 2.19. The molecule has 2 amide bonds. The van der Waals surface area contributed by atoms with Crippen LogP contribution in [0.1, 0.15) is 76.2 Å². The molecule has 36 heavy (non-hydrogen) atoms. The van der Waals surface area contributed by atoms with Crippen molar-refractivity contribution in [2.24, 2.45) is 23.2 Å². The molecule has 1 aliphatic heterocycles. The molecule has 4 bridgehead atoms. The Labute approximate surface area is 213 Å². The zero-order valence-electron chi connectivity index (χ0n) is 21.0. The van der Waals surface area contributed by atoms with E-state index in [-0.39, 0.29) is 29.6 Å². The van der Waals surface area contributed by atoms with Crippen LogP contribution in [0.3, 0.4) is 0 Å². The van der Waals surface area contributed by atoms with Crippen molar-refractivity contribution in [2.75, 3.05) is 18.4 Å². The molecule has 6 fully saturated rings. The van der Waals surface area contributed by atoms with E-state index in [1.807, 2.05) is 0 Å². The second kappa shape index (κ2) is 9.57. The van der Waals surface area contributed by atoms with Gasteiger partial charge in [0, 0.05) is 31.4 Å². The molecule has 2 heterocycles. The van der Waals surface area contributed by atoms with Crippen LogP contribution < -0.4 is 10.6 Å². The average molecular weight is 492 g/mol. The summed E-state index contributed by atoms with van der Waals surface area (Å²) < 4.78 is 6.19. The van der Waals surface area contributed by atoms with E-state index in [9.17, 15) is 9.59 Å². The molecule has 7 rings (SSSR count). The molecule has 6 aliphatic rings. The number of nitriles is 1. The van der Waals surface area contributed by atoms with Crippen molar-refractivity contribution in [3.05, 3.63) is 23.9 Å². The molecular weight excluding hydrogens is 454 g/mol. The summed E-state index contributed by atoms with van der Waals surface area (Å²) in [4.78, 5) is 32.7. The van der Waals surface area contributed by atoms with Crippen LogP contribution >= 0.6 is 0 Å². The highest BCUT2D eigenvalue weighted by atomic mass is 16.6. The van der Waals surface area contributed by atoms with Crippen molar-refractivity contribution >= 4 is 17.8 Å². The molecule has 192 valence electrons. The fourth-order valence-electron chi connectivity index (χ4n) is 8.02. The Kier molecular flexibility index (Phi) is 6.27. The highest BCUT2D eigenvalue weighted by Gasteiger charge is 2.59. The first kappa shape index (κ1) is 23.6. The molecule has 2 N–H and O–H groups in total. The monoisotopic (exact) mass is 491 g/mol. The number of ether oxygens (including phenoxy) is 1. The largest absolute Gasteiger partial charge is 0.446 e. The smallest absolute Gasteiger partial charge is 0.410 e. The lowest BCUT2D eigenvalue weighted by molar-refractivity contribution is -0.165. The molecule has 8 heteroatoms. The molecular formula is C28H37N5O3. The number of pyridine rings is 1. The minimum atomic E-state index is -0.242. The zero-order valence-corrected chi connectivity index (χ0v) is 21.0. The fraction of sp³-hybridized carbons (Fsp3) is 0.714. The lowest BCUT2D eigenvalue weighted by Crippen LogP contribution is -2.60. The Bertz CT molecular complexity index is 1010. The maximum absolute atomic E-state index is 13.5. The normalized spacial score (nSPS) is 35.3. The molecule has 1 aromatic rings. The number of aromatic nitrogens is 1. The van der Waals surface area contributed by atoms with Gasteiger partial charge in [0.15, 0.2) is 0 Å². The predicted molar refractivity (Wildman–Crippen MR) is 134 cm³/mol. The van der Waals surface area contributed by atoms with Crippen LogP contribution in [-0.4, -0.2) is 53.2 Å². The number of amides is 2. The van der Waals surface area contributed by atoms with E-state index < -0.39 is 0 Å². The third-order valence-electron chi connectivity index (χ3n) is 9.54. The van der Waals surface area contributed by atoms with Crippen LogP contribution in [0, 0.1) is 34.5 Å². The first-order valence-electron chi connectivity index (χ1n) is 13.9. The van der Waals surface area contributed by atoms with Gasteiger partial charge in [0.1, 0.15) is 18.0 Å². The van der Waals surface area contributed by atoms with E-state index in [0.717, 1.165) is 51.4 Å². The van der Waals surface area contributed by atoms with E-state index in [2.05, 4.69) is 21.7 Å². The van der Waals surface area contributed by atoms with Crippen LogP contribution in [0.2, 0.25) is 0 Å². The molecule has 1 saturated heterocycles. The topological polar surface area (TPSA) is 107 Å². The van der Waals surface area contributed by atoms with Crippen molar-refractivity contribution in [1.29, 1.82) is 5.26 Å². The van der Waals surface area contributed by atoms with Gasteiger partial charge in [0.25, 0.3) is 0 Å². The van der Waals surface area contributed by atoms with Crippen LogP contribution in [0.5, 0.6) is 0 Å². The quantitative estimate of drug-likeness (QED) is 0.639. The van der Waals surface area contributed by atoms with Crippen molar-refractivity contribution < 1.29 is 14.3 Å². The van der Waals surface area contributed by atoms with Gasteiger partial charge < -0.3 is 20.3 Å². The van der Waals surface area contributed by atoms with Gasteiger partial charge in [-0.05, 0) is 81.3 Å². The minimum Gasteiger partial charge on any atom is -0.446 e. The van der Waals surface area contributed by atoms with Gasteiger partial charge >= 0.3 is 6.09 Å². The Morgan fingerprint density at radius 3 is 2.53 bits per heavy atom. The van der Waals surface area contributed by atoms with Crippen LogP contribution in [0.25, 0.3) is 0 Å². The van der Waals surface area contributed by atoms with Crippen molar-refractivity contribution in [3.63, 3.8) is 0 Å². The first-order chi connectivity index (χ1) is 17.5. The SMILES string of the molecule is N#Cc1ccc(N[C@@H]2CCN(C(=O)OC3C4CC5C[C@H]3CC(C(=O)NC3CCCCC3)(C5)C4)C2)nc1. The van der Waals surface area contributed by atoms with Crippen molar-refractivity contribution in [2.45, 2.75) is 88.8 Å². The van der Waals surface area contributed by atoms with E-state index >= 15 is 0 Å². The standard InChI is InChI=1S/C28H37N5O3/c29-15-18-6-7-24(30-16-18)31-23-8-9-33(17-23)27(35)36-25-20-10-19-11-21(25)14-28(12-19,13-20)26(34)32-22-4-2-1-3-5-22/h6-7,16,19-23,25H,1-5,8-14,17H2,(H,30,31)(H,32,34)/t19?,20-,21?,23+,25?,28?/m0/s1. The number of carbonyl (C=O) groups is 2. The molecule has 8 nitrogen and oxygen atoms in total. The molecule has 0 radical (unpaired) electrons. The minimum absolute atomic E-state index is 0.0585. The third-order valence-corrected chi connectivity index (χ3v) is 9.54. The molecule has 4 unspecified atom stereocenters. The average Bonchev–Trinajstić information content (AvgIpc) is 3.35. The summed E-state index contributed by atoms with van der Waals surface area (Å²) in [6, 6.07) is 6.08. The fourth-order valence-corrected chi connectivity index (χ4v) is 8.02. The predicted octanol–water partition coefficient (Wildman–Crippen LogP) is 4.22. The number of carbonyl (C=O) groups excluding carboxylic acids is 2. The molecule has 0 spiro atoms. The van der Waals surface area contributed by atoms with Gasteiger partial charge in [0.2, 0.25) is 5.91 Å². The molecule has 1 aromatic heterocycles. The number of anilines is 1. The lowest BCUT2D eigenvalue weighted by Gasteiger charge is -2.58. The van der Waals surface area contributed by atoms with Crippen molar-refractivity contribution in [3.8, 4) is 6.07 Å². The molecule has 5 saturated carbocycles. The number of nitrogens with zero attached hydrogens (tertiary/aromatic N) is 3. The summed E-state index contributed by atoms with van der Waals surface area (Å²) in [5.41, 5.74) is 0.286. The zero-order chi connectivity index (χ0) is 24.7. The van der Waals surface area contributed by atoms with E-state index in [4.69, 9.17) is 10.00 Å². The summed E-state index contributed by atoms with van der Waals surface area (Å²) >= 11 is 0. The van der Waals surface area contributed by atoms with Crippen molar-refractivity contribution in [1.82, 2.24) is 15.2 Å². The summed E-state index contributed by atoms with van der Waals surface area (Å²) in [6.07, 6.45) is 13.0. The number of likely N-dealkylation sites (tertiary alicyclic amines) is 1. The Morgan fingerprint density at radius 1 is 1.06 bits per heavy atom. The second-order valence-corrected chi connectivity index (χ2v) is 12.0. The van der Waals surface area contributed by atoms with Gasteiger partial charge in [-0.15, -0.1) is 0 Å². The highest BCUT2D eigenvalue weighted by Crippen LogP contribution is 2.61. The third kappa shape index (κ3) is 4.53.